The van der Waals surface area contributed by atoms with Gasteiger partial charge in [0.25, 0.3) is 0 Å². The zero-order valence-corrected chi connectivity index (χ0v) is 9.59. The highest BCUT2D eigenvalue weighted by Crippen LogP contribution is 2.22. The first-order valence-electron chi connectivity index (χ1n) is 5.79. The molecular formula is C11H24N2O. The van der Waals surface area contributed by atoms with Crippen LogP contribution in [0.5, 0.6) is 0 Å². The number of rotatable bonds is 7. The third kappa shape index (κ3) is 3.56. The summed E-state index contributed by atoms with van der Waals surface area (Å²) in [6.45, 7) is 9.25. The molecule has 0 unspecified atom stereocenters. The maximum Gasteiger partial charge on any atom is 0.0478 e. The van der Waals surface area contributed by atoms with Gasteiger partial charge in [-0.25, -0.2) is 0 Å². The van der Waals surface area contributed by atoms with Gasteiger partial charge in [0, 0.05) is 38.4 Å². The monoisotopic (exact) mass is 200 g/mol. The molecule has 3 nitrogen and oxygen atoms in total. The Hall–Kier alpha value is -0.120. The van der Waals surface area contributed by atoms with Gasteiger partial charge in [-0.3, -0.25) is 4.90 Å². The molecule has 0 aromatic carbocycles. The number of hydrogen-bond acceptors (Lipinski definition) is 3. The normalized spacial score (nSPS) is 20.8. The number of nitrogens with zero attached hydrogens (tertiary/aromatic N) is 1. The van der Waals surface area contributed by atoms with Crippen molar-refractivity contribution >= 4 is 0 Å². The van der Waals surface area contributed by atoms with Gasteiger partial charge in [-0.2, -0.15) is 0 Å². The maximum absolute atomic E-state index is 6.16. The van der Waals surface area contributed by atoms with Crippen LogP contribution in [-0.4, -0.2) is 43.3 Å². The molecule has 0 atom stereocenters. The van der Waals surface area contributed by atoms with Gasteiger partial charge in [-0.15, -0.1) is 0 Å². The zero-order chi connectivity index (χ0) is 10.4. The van der Waals surface area contributed by atoms with Crippen LogP contribution in [0.15, 0.2) is 0 Å². The molecule has 3 heteroatoms. The topological polar surface area (TPSA) is 38.5 Å². The smallest absolute Gasteiger partial charge is 0.0478 e. The van der Waals surface area contributed by atoms with Crippen molar-refractivity contribution in [1.82, 2.24) is 4.90 Å². The molecule has 1 heterocycles. The van der Waals surface area contributed by atoms with Gasteiger partial charge in [-0.05, 0) is 19.8 Å². The van der Waals surface area contributed by atoms with E-state index in [0.717, 1.165) is 45.7 Å². The molecule has 1 saturated heterocycles. The molecule has 2 N–H and O–H groups in total. The van der Waals surface area contributed by atoms with Crippen LogP contribution >= 0.6 is 0 Å². The summed E-state index contributed by atoms with van der Waals surface area (Å²) in [4.78, 5) is 2.43. The quantitative estimate of drug-likeness (QED) is 0.628. The average Bonchev–Trinajstić information content (AvgIpc) is 2.10. The third-order valence-electron chi connectivity index (χ3n) is 2.79. The van der Waals surface area contributed by atoms with Crippen molar-refractivity contribution in [1.29, 1.82) is 0 Å². The minimum Gasteiger partial charge on any atom is -0.382 e. The van der Waals surface area contributed by atoms with Gasteiger partial charge in [0.2, 0.25) is 0 Å². The van der Waals surface area contributed by atoms with Crippen LogP contribution in [0.25, 0.3) is 0 Å². The van der Waals surface area contributed by atoms with Gasteiger partial charge in [0.05, 0.1) is 0 Å². The van der Waals surface area contributed by atoms with Crippen LogP contribution in [0.2, 0.25) is 0 Å². The molecule has 1 rings (SSSR count). The predicted octanol–water partition coefficient (Wildman–Crippen LogP) is 1.23. The first-order chi connectivity index (χ1) is 6.70. The van der Waals surface area contributed by atoms with Crippen molar-refractivity contribution < 1.29 is 4.74 Å². The molecule has 1 aliphatic heterocycles. The average molecular weight is 200 g/mol. The van der Waals surface area contributed by atoms with E-state index in [1.165, 1.54) is 6.42 Å². The Morgan fingerprint density at radius 1 is 1.36 bits per heavy atom. The summed E-state index contributed by atoms with van der Waals surface area (Å²) in [7, 11) is 0. The van der Waals surface area contributed by atoms with E-state index in [2.05, 4.69) is 11.8 Å². The molecule has 0 spiro atoms. The summed E-state index contributed by atoms with van der Waals surface area (Å²) in [5.41, 5.74) is 6.29. The molecule has 0 radical (unpaired) electrons. The van der Waals surface area contributed by atoms with Crippen LogP contribution in [-0.2, 0) is 4.74 Å². The lowest BCUT2D eigenvalue weighted by Crippen LogP contribution is -2.67. The van der Waals surface area contributed by atoms with E-state index in [0.29, 0.717) is 0 Å². The first kappa shape index (κ1) is 12.0. The highest BCUT2D eigenvalue weighted by molar-refractivity contribution is 4.99. The Kier molecular flexibility index (Phi) is 4.85. The van der Waals surface area contributed by atoms with Crippen LogP contribution in [0.1, 0.15) is 33.1 Å². The minimum atomic E-state index is 0.125. The molecule has 0 amide bonds. The van der Waals surface area contributed by atoms with Crippen molar-refractivity contribution in [3.63, 3.8) is 0 Å². The summed E-state index contributed by atoms with van der Waals surface area (Å²) < 4.78 is 5.29. The molecule has 0 aliphatic carbocycles. The fourth-order valence-corrected chi connectivity index (χ4v) is 2.19. The highest BCUT2D eigenvalue weighted by Gasteiger charge is 2.37. The molecule has 1 aliphatic rings. The molecule has 0 aromatic rings. The number of likely N-dealkylation sites (tertiary alicyclic amines) is 1. The van der Waals surface area contributed by atoms with Crippen molar-refractivity contribution in [2.45, 2.75) is 38.6 Å². The van der Waals surface area contributed by atoms with E-state index >= 15 is 0 Å². The molecule has 0 bridgehead atoms. The molecular weight excluding hydrogens is 176 g/mol. The maximum atomic E-state index is 6.16. The van der Waals surface area contributed by atoms with E-state index in [1.807, 2.05) is 6.92 Å². The Balaban J connectivity index is 1.98. The van der Waals surface area contributed by atoms with Crippen LogP contribution in [0.3, 0.4) is 0 Å². The van der Waals surface area contributed by atoms with E-state index < -0.39 is 0 Å². The highest BCUT2D eigenvalue weighted by atomic mass is 16.5. The van der Waals surface area contributed by atoms with Crippen LogP contribution in [0.4, 0.5) is 0 Å². The molecule has 84 valence electrons. The fraction of sp³-hybridized carbons (Fsp3) is 1.00. The Morgan fingerprint density at radius 2 is 2.07 bits per heavy atom. The third-order valence-corrected chi connectivity index (χ3v) is 2.79. The van der Waals surface area contributed by atoms with Crippen molar-refractivity contribution in [3.05, 3.63) is 0 Å². The molecule has 1 fully saturated rings. The summed E-state index contributed by atoms with van der Waals surface area (Å²) in [6, 6.07) is 0. The fourth-order valence-electron chi connectivity index (χ4n) is 2.19. The van der Waals surface area contributed by atoms with Crippen LogP contribution < -0.4 is 5.73 Å². The van der Waals surface area contributed by atoms with E-state index in [4.69, 9.17) is 10.5 Å². The van der Waals surface area contributed by atoms with Gasteiger partial charge in [0.1, 0.15) is 0 Å². The second-order valence-corrected chi connectivity index (χ2v) is 4.37. The lowest BCUT2D eigenvalue weighted by atomic mass is 9.86. The molecule has 0 aromatic heterocycles. The van der Waals surface area contributed by atoms with Gasteiger partial charge < -0.3 is 10.5 Å². The van der Waals surface area contributed by atoms with E-state index in [1.54, 1.807) is 0 Å². The van der Waals surface area contributed by atoms with Gasteiger partial charge in [0.15, 0.2) is 0 Å². The van der Waals surface area contributed by atoms with Gasteiger partial charge in [-0.1, -0.05) is 13.3 Å². The van der Waals surface area contributed by atoms with E-state index in [-0.39, 0.29) is 5.54 Å². The lowest BCUT2D eigenvalue weighted by molar-refractivity contribution is 0.0507. The number of ether oxygens (including phenoxy) is 1. The lowest BCUT2D eigenvalue weighted by Gasteiger charge is -2.48. The molecule has 0 saturated carbocycles. The van der Waals surface area contributed by atoms with E-state index in [9.17, 15) is 0 Å². The van der Waals surface area contributed by atoms with Gasteiger partial charge >= 0.3 is 0 Å². The second-order valence-electron chi connectivity index (χ2n) is 4.37. The van der Waals surface area contributed by atoms with Crippen molar-refractivity contribution in [2.75, 3.05) is 32.8 Å². The Morgan fingerprint density at radius 3 is 2.64 bits per heavy atom. The number of nitrogens with two attached hydrogens (primary N) is 1. The zero-order valence-electron chi connectivity index (χ0n) is 9.59. The predicted molar refractivity (Wildman–Crippen MR) is 59.4 cm³/mol. The first-order valence-corrected chi connectivity index (χ1v) is 5.79. The SMILES string of the molecule is CCCC1(N)CN(CCCOCC)C1. The summed E-state index contributed by atoms with van der Waals surface area (Å²) in [5, 5.41) is 0. The van der Waals surface area contributed by atoms with Crippen LogP contribution in [0, 0.1) is 0 Å². The molecule has 14 heavy (non-hydrogen) atoms. The summed E-state index contributed by atoms with van der Waals surface area (Å²) in [5.74, 6) is 0. The second kappa shape index (κ2) is 5.69. The Bertz CT molecular complexity index is 155. The minimum absolute atomic E-state index is 0.125. The Labute approximate surface area is 87.6 Å². The number of hydrogen-bond donors (Lipinski definition) is 1. The summed E-state index contributed by atoms with van der Waals surface area (Å²) >= 11 is 0. The summed E-state index contributed by atoms with van der Waals surface area (Å²) in [6.07, 6.45) is 3.49. The van der Waals surface area contributed by atoms with Crippen molar-refractivity contribution in [3.8, 4) is 0 Å². The standard InChI is InChI=1S/C11H24N2O/c1-3-6-11(12)9-13(10-11)7-5-8-14-4-2/h3-10,12H2,1-2H3. The van der Waals surface area contributed by atoms with Crippen molar-refractivity contribution in [2.24, 2.45) is 5.73 Å². The largest absolute Gasteiger partial charge is 0.382 e.